The van der Waals surface area contributed by atoms with E-state index < -0.39 is 0 Å². The summed E-state index contributed by atoms with van der Waals surface area (Å²) in [5.74, 6) is 0. The van der Waals surface area contributed by atoms with E-state index in [9.17, 15) is 0 Å². The monoisotopic (exact) mass is 485 g/mol. The first-order valence-electron chi connectivity index (χ1n) is 14.2. The van der Waals surface area contributed by atoms with Crippen LogP contribution in [0.3, 0.4) is 0 Å². The number of rotatable bonds is 14. The normalized spacial score (nSPS) is 13.3. The van der Waals surface area contributed by atoms with Crippen molar-refractivity contribution in [2.75, 3.05) is 0 Å². The van der Waals surface area contributed by atoms with E-state index in [2.05, 4.69) is 91.6 Å². The Morgan fingerprint density at radius 3 is 1.66 bits per heavy atom. The van der Waals surface area contributed by atoms with Crippen molar-refractivity contribution in [3.8, 4) is 0 Å². The third kappa shape index (κ3) is 12.0. The molecule has 0 saturated carbocycles. The highest BCUT2D eigenvalue weighted by molar-refractivity contribution is 5.85. The zero-order valence-electron chi connectivity index (χ0n) is 24.5. The maximum absolute atomic E-state index is 6.48. The van der Waals surface area contributed by atoms with Gasteiger partial charge in [-0.3, -0.25) is 0 Å². The Morgan fingerprint density at radius 1 is 0.657 bits per heavy atom. The molecule has 0 saturated heterocycles. The summed E-state index contributed by atoms with van der Waals surface area (Å²) in [6.45, 7) is 19.7. The van der Waals surface area contributed by atoms with Crippen molar-refractivity contribution in [2.24, 2.45) is 5.41 Å². The largest absolute Gasteiger partial charge is 0.358 e. The van der Waals surface area contributed by atoms with Crippen LogP contribution in [0.2, 0.25) is 0 Å². The van der Waals surface area contributed by atoms with Crippen molar-refractivity contribution in [3.05, 3.63) is 35.5 Å². The third-order valence-electron chi connectivity index (χ3n) is 6.34. The number of ether oxygens (including phenoxy) is 2. The summed E-state index contributed by atoms with van der Waals surface area (Å²) < 4.78 is 13.0. The van der Waals surface area contributed by atoms with Gasteiger partial charge >= 0.3 is 0 Å². The molecule has 2 rings (SSSR count). The lowest BCUT2D eigenvalue weighted by Gasteiger charge is -2.33. The Bertz CT molecular complexity index is 844. The van der Waals surface area contributed by atoms with Gasteiger partial charge in [0.25, 0.3) is 0 Å². The standard InChI is InChI=1S/C32H55NO2/c1-30(2,3)24-20-16-14-12-10-11-13-15-17-23-27-28(25-21-18-19-22-26(25)33-27)29(34-31(4,5)6)35-32(7,8)9/h18-19,21-22,29,33H,10-17,20,23-24H2,1-9H3. The molecule has 0 aliphatic rings. The highest BCUT2D eigenvalue weighted by Gasteiger charge is 2.30. The van der Waals surface area contributed by atoms with Gasteiger partial charge in [-0.15, -0.1) is 0 Å². The Kier molecular flexibility index (Phi) is 11.4. The van der Waals surface area contributed by atoms with E-state index >= 15 is 0 Å². The van der Waals surface area contributed by atoms with Crippen LogP contribution in [0.5, 0.6) is 0 Å². The van der Waals surface area contributed by atoms with Gasteiger partial charge in [0.05, 0.1) is 11.2 Å². The van der Waals surface area contributed by atoms with Gasteiger partial charge in [0.1, 0.15) is 0 Å². The third-order valence-corrected chi connectivity index (χ3v) is 6.34. The molecular weight excluding hydrogens is 430 g/mol. The highest BCUT2D eigenvalue weighted by atomic mass is 16.7. The lowest BCUT2D eigenvalue weighted by atomic mass is 9.89. The molecule has 2 aromatic rings. The van der Waals surface area contributed by atoms with E-state index in [1.165, 1.54) is 86.4 Å². The Labute approximate surface area is 216 Å². The minimum Gasteiger partial charge on any atom is -0.358 e. The van der Waals surface area contributed by atoms with Crippen LogP contribution in [0.25, 0.3) is 10.9 Å². The molecule has 3 heteroatoms. The number of fused-ring (bicyclic) bond motifs is 1. The van der Waals surface area contributed by atoms with Crippen LogP contribution in [0.15, 0.2) is 24.3 Å². The molecule has 0 aliphatic carbocycles. The first-order valence-corrected chi connectivity index (χ1v) is 14.2. The number of aryl methyl sites for hydroxylation is 1. The number of H-pyrrole nitrogens is 1. The molecule has 1 N–H and O–H groups in total. The molecule has 0 aliphatic heterocycles. The number of nitrogens with one attached hydrogen (secondary N) is 1. The molecule has 35 heavy (non-hydrogen) atoms. The van der Waals surface area contributed by atoms with E-state index in [1.54, 1.807) is 0 Å². The van der Waals surface area contributed by atoms with Crippen LogP contribution in [-0.2, 0) is 15.9 Å². The smallest absolute Gasteiger partial charge is 0.187 e. The van der Waals surface area contributed by atoms with Gasteiger partial charge in [-0.2, -0.15) is 0 Å². The van der Waals surface area contributed by atoms with E-state index in [1.807, 2.05) is 0 Å². The van der Waals surface area contributed by atoms with Crippen LogP contribution in [0.4, 0.5) is 0 Å². The Morgan fingerprint density at radius 2 is 1.14 bits per heavy atom. The second-order valence-corrected chi connectivity index (χ2v) is 13.6. The zero-order valence-corrected chi connectivity index (χ0v) is 24.5. The molecule has 0 spiro atoms. The molecule has 1 aromatic heterocycles. The second kappa shape index (κ2) is 13.3. The molecule has 3 nitrogen and oxygen atoms in total. The number of aromatic nitrogens is 1. The summed E-state index contributed by atoms with van der Waals surface area (Å²) in [7, 11) is 0. The molecular formula is C32H55NO2. The summed E-state index contributed by atoms with van der Waals surface area (Å²) in [4.78, 5) is 3.70. The lowest BCUT2D eigenvalue weighted by Crippen LogP contribution is -2.30. The van der Waals surface area contributed by atoms with Crippen molar-refractivity contribution in [1.82, 2.24) is 4.98 Å². The second-order valence-electron chi connectivity index (χ2n) is 13.6. The first kappa shape index (κ1) is 29.9. The first-order chi connectivity index (χ1) is 16.3. The van der Waals surface area contributed by atoms with Gasteiger partial charge in [0, 0.05) is 22.2 Å². The van der Waals surface area contributed by atoms with Crippen molar-refractivity contribution in [2.45, 2.75) is 150 Å². The fourth-order valence-corrected chi connectivity index (χ4v) is 4.66. The van der Waals surface area contributed by atoms with Gasteiger partial charge in [0.15, 0.2) is 6.29 Å². The number of benzene rings is 1. The SMILES string of the molecule is CC(C)(C)CCCCCCCCCCCc1[nH]c2ccccc2c1C(OC(C)(C)C)OC(C)(C)C. The van der Waals surface area contributed by atoms with Crippen LogP contribution in [0.1, 0.15) is 144 Å². The van der Waals surface area contributed by atoms with Gasteiger partial charge in [0.2, 0.25) is 0 Å². The molecule has 1 heterocycles. The summed E-state index contributed by atoms with van der Waals surface area (Å²) in [5, 5.41) is 1.22. The van der Waals surface area contributed by atoms with Crippen molar-refractivity contribution >= 4 is 10.9 Å². The Balaban J connectivity index is 1.90. The zero-order chi connectivity index (χ0) is 26.1. The van der Waals surface area contributed by atoms with Crippen molar-refractivity contribution in [1.29, 1.82) is 0 Å². The minimum atomic E-state index is -0.389. The number of aromatic amines is 1. The van der Waals surface area contributed by atoms with E-state index in [0.29, 0.717) is 5.41 Å². The van der Waals surface area contributed by atoms with Gasteiger partial charge in [-0.1, -0.05) is 90.3 Å². The average Bonchev–Trinajstić information content (AvgIpc) is 3.07. The summed E-state index contributed by atoms with van der Waals surface area (Å²) in [5.41, 5.74) is 3.52. The molecule has 0 bridgehead atoms. The van der Waals surface area contributed by atoms with Crippen molar-refractivity contribution in [3.63, 3.8) is 0 Å². The van der Waals surface area contributed by atoms with Crippen LogP contribution < -0.4 is 0 Å². The van der Waals surface area contributed by atoms with Crippen LogP contribution in [0, 0.1) is 5.41 Å². The molecule has 1 aromatic carbocycles. The number of hydrogen-bond donors (Lipinski definition) is 1. The lowest BCUT2D eigenvalue weighted by molar-refractivity contribution is -0.238. The topological polar surface area (TPSA) is 34.2 Å². The molecule has 0 fully saturated rings. The van der Waals surface area contributed by atoms with E-state index in [-0.39, 0.29) is 17.5 Å². The quantitative estimate of drug-likeness (QED) is 0.213. The number of para-hydroxylation sites is 1. The number of hydrogen-bond acceptors (Lipinski definition) is 2. The number of unbranched alkanes of at least 4 members (excludes halogenated alkanes) is 8. The summed E-state index contributed by atoms with van der Waals surface area (Å²) in [6, 6.07) is 8.56. The van der Waals surface area contributed by atoms with Gasteiger partial charge in [-0.05, 0) is 72.3 Å². The molecule has 0 atom stereocenters. The molecule has 0 unspecified atom stereocenters. The maximum Gasteiger partial charge on any atom is 0.187 e. The van der Waals surface area contributed by atoms with Gasteiger partial charge < -0.3 is 14.5 Å². The van der Waals surface area contributed by atoms with E-state index in [0.717, 1.165) is 6.42 Å². The predicted octanol–water partition coefficient (Wildman–Crippen LogP) is 10.3. The van der Waals surface area contributed by atoms with Crippen molar-refractivity contribution < 1.29 is 9.47 Å². The fourth-order valence-electron chi connectivity index (χ4n) is 4.66. The maximum atomic E-state index is 6.48. The predicted molar refractivity (Wildman–Crippen MR) is 152 cm³/mol. The van der Waals surface area contributed by atoms with Crippen LogP contribution >= 0.6 is 0 Å². The van der Waals surface area contributed by atoms with Gasteiger partial charge in [-0.25, -0.2) is 0 Å². The summed E-state index contributed by atoms with van der Waals surface area (Å²) in [6.07, 6.45) is 14.1. The average molecular weight is 486 g/mol. The molecule has 200 valence electrons. The highest BCUT2D eigenvalue weighted by Crippen LogP contribution is 2.37. The summed E-state index contributed by atoms with van der Waals surface area (Å²) >= 11 is 0. The molecule has 0 amide bonds. The fraction of sp³-hybridized carbons (Fsp3) is 0.750. The Hall–Kier alpha value is -1.32. The minimum absolute atomic E-state index is 0.293. The molecule has 0 radical (unpaired) electrons. The van der Waals surface area contributed by atoms with E-state index in [4.69, 9.17) is 9.47 Å². The van der Waals surface area contributed by atoms with Crippen LogP contribution in [-0.4, -0.2) is 16.2 Å².